The minimum absolute atomic E-state index is 0.0295. The number of hydrogen-bond donors (Lipinski definition) is 3. The van der Waals surface area contributed by atoms with Crippen LogP contribution in [0.5, 0.6) is 0 Å². The summed E-state index contributed by atoms with van der Waals surface area (Å²) in [6.45, 7) is 10.5. The van der Waals surface area contributed by atoms with E-state index in [9.17, 15) is 14.7 Å². The van der Waals surface area contributed by atoms with Crippen LogP contribution in [0.3, 0.4) is 0 Å². The number of anilines is 1. The van der Waals surface area contributed by atoms with E-state index in [4.69, 9.17) is 9.41 Å². The normalized spacial score (nSPS) is 14.0. The lowest BCUT2D eigenvalue weighted by atomic mass is 9.81. The average molecular weight is 810 g/mol. The Hall–Kier alpha value is -5.95. The summed E-state index contributed by atoms with van der Waals surface area (Å²) in [5, 5.41) is 16.5. The lowest BCUT2D eigenvalue weighted by Crippen LogP contribution is -2.47. The fourth-order valence-corrected chi connectivity index (χ4v) is 9.70. The molecule has 1 radical (unpaired) electrons. The highest BCUT2D eigenvalue weighted by atomic mass is 28.3. The molecule has 0 fully saturated rings. The Morgan fingerprint density at radius 3 is 2.17 bits per heavy atom. The molecular weight excluding hydrogens is 760 g/mol. The monoisotopic (exact) mass is 809 g/mol. The van der Waals surface area contributed by atoms with Crippen molar-refractivity contribution < 1.29 is 23.5 Å². The third kappa shape index (κ3) is 8.90. The van der Waals surface area contributed by atoms with Crippen LogP contribution in [-0.2, 0) is 10.0 Å². The third-order valence-electron chi connectivity index (χ3n) is 10.5. The van der Waals surface area contributed by atoms with Crippen LogP contribution in [0.15, 0.2) is 116 Å². The molecule has 12 heteroatoms. The van der Waals surface area contributed by atoms with Gasteiger partial charge in [-0.3, -0.25) is 4.79 Å². The van der Waals surface area contributed by atoms with Crippen molar-refractivity contribution in [3.8, 4) is 11.3 Å². The maximum atomic E-state index is 15.7. The zero-order chi connectivity index (χ0) is 42.1. The van der Waals surface area contributed by atoms with Crippen LogP contribution in [0.2, 0.25) is 0 Å². The van der Waals surface area contributed by atoms with E-state index in [0.29, 0.717) is 47.7 Å². The number of amides is 3. The van der Waals surface area contributed by atoms with E-state index in [1.165, 1.54) is 18.5 Å². The fraction of sp³-hybridized carbons (Fsp3) is 0.277. The molecule has 0 saturated carbocycles. The summed E-state index contributed by atoms with van der Waals surface area (Å²) in [6, 6.07) is 32.2. The number of nitrogens with one attached hydrogen (secondary N) is 2. The number of fused-ring (bicyclic) bond motifs is 1. The summed E-state index contributed by atoms with van der Waals surface area (Å²) < 4.78 is 23.1. The third-order valence-corrected chi connectivity index (χ3v) is 12.7. The summed E-state index contributed by atoms with van der Waals surface area (Å²) in [6.07, 6.45) is 3.64. The summed E-state index contributed by atoms with van der Waals surface area (Å²) in [5.74, 6) is -1.39. The van der Waals surface area contributed by atoms with Gasteiger partial charge < -0.3 is 29.6 Å². The number of halogens is 1. The predicted octanol–water partition coefficient (Wildman–Crippen LogP) is 7.92. The number of carbonyl (C=O) groups is 2. The highest BCUT2D eigenvalue weighted by Gasteiger charge is 2.37. The van der Waals surface area contributed by atoms with E-state index in [0.717, 1.165) is 32.6 Å². The minimum atomic E-state index is -1.89. The summed E-state index contributed by atoms with van der Waals surface area (Å²) >= 11 is 0. The maximum absolute atomic E-state index is 15.7. The zero-order valence-corrected chi connectivity index (χ0v) is 35.5. The Balaban J connectivity index is 1.38. The van der Waals surface area contributed by atoms with Crippen LogP contribution in [0.25, 0.3) is 27.9 Å². The molecule has 7 rings (SSSR count). The largest absolute Gasteiger partial charge is 0.400 e. The minimum Gasteiger partial charge on any atom is -0.400 e. The summed E-state index contributed by atoms with van der Waals surface area (Å²) in [5.41, 5.74) is 3.47. The Bertz CT molecular complexity index is 2470. The number of aliphatic hydroxyl groups is 1. The predicted molar refractivity (Wildman–Crippen MR) is 233 cm³/mol. The van der Waals surface area contributed by atoms with Crippen molar-refractivity contribution in [2.24, 2.45) is 5.41 Å². The van der Waals surface area contributed by atoms with Gasteiger partial charge in [0.25, 0.3) is 14.9 Å². The quantitative estimate of drug-likeness (QED) is 0.121. The molecule has 1 aliphatic rings. The SMILES string of the molecule is CN(C)C(=O)N1CC=C(c2cc3c(-c4cccc(NC(=O)c5ccc(C(C)(C)O)cc5F)c4C(O[Si](c4ccccc4)c4ccccc4)C(C)(C)C)ncnc3[nH]2)CC1. The molecule has 0 bridgehead atoms. The van der Waals surface area contributed by atoms with Crippen LogP contribution < -0.4 is 15.7 Å². The van der Waals surface area contributed by atoms with Gasteiger partial charge in [0.15, 0.2) is 0 Å². The van der Waals surface area contributed by atoms with Crippen molar-refractivity contribution in [3.63, 3.8) is 0 Å². The van der Waals surface area contributed by atoms with Gasteiger partial charge in [0.05, 0.1) is 23.0 Å². The molecule has 2 aromatic heterocycles. The number of aromatic nitrogens is 3. The fourth-order valence-electron chi connectivity index (χ4n) is 7.40. The molecule has 1 aliphatic heterocycles. The van der Waals surface area contributed by atoms with Crippen LogP contribution in [0.1, 0.15) is 74.3 Å². The molecule has 3 amide bonds. The molecule has 0 aliphatic carbocycles. The maximum Gasteiger partial charge on any atom is 0.319 e. The molecule has 0 spiro atoms. The molecule has 3 heterocycles. The molecular formula is C47H50FN6O4Si. The molecule has 0 saturated heterocycles. The van der Waals surface area contributed by atoms with E-state index in [2.05, 4.69) is 66.4 Å². The molecule has 59 heavy (non-hydrogen) atoms. The van der Waals surface area contributed by atoms with Crippen LogP contribution in [0, 0.1) is 11.2 Å². The number of carbonyl (C=O) groups excluding carboxylic acids is 2. The average Bonchev–Trinajstić information content (AvgIpc) is 3.66. The van der Waals surface area contributed by atoms with Gasteiger partial charge in [-0.15, -0.1) is 0 Å². The number of rotatable bonds is 10. The number of nitrogens with zero attached hydrogens (tertiary/aromatic N) is 4. The van der Waals surface area contributed by atoms with Crippen molar-refractivity contribution in [3.05, 3.63) is 144 Å². The molecule has 1 unspecified atom stereocenters. The number of hydrogen-bond acceptors (Lipinski definition) is 6. The van der Waals surface area contributed by atoms with Gasteiger partial charge in [0, 0.05) is 55.1 Å². The van der Waals surface area contributed by atoms with Gasteiger partial charge in [0.2, 0.25) is 0 Å². The number of H-pyrrole nitrogens is 1. The van der Waals surface area contributed by atoms with Gasteiger partial charge in [0.1, 0.15) is 17.8 Å². The van der Waals surface area contributed by atoms with E-state index >= 15 is 4.39 Å². The lowest BCUT2D eigenvalue weighted by molar-refractivity contribution is 0.0780. The van der Waals surface area contributed by atoms with Crippen LogP contribution in [0.4, 0.5) is 14.9 Å². The molecule has 3 N–H and O–H groups in total. The van der Waals surface area contributed by atoms with Gasteiger partial charge in [-0.1, -0.05) is 106 Å². The van der Waals surface area contributed by atoms with E-state index in [-0.39, 0.29) is 11.6 Å². The van der Waals surface area contributed by atoms with Crippen molar-refractivity contribution in [2.75, 3.05) is 32.5 Å². The van der Waals surface area contributed by atoms with E-state index < -0.39 is 37.9 Å². The second-order valence-electron chi connectivity index (χ2n) is 16.7. The number of urea groups is 1. The van der Waals surface area contributed by atoms with Crippen molar-refractivity contribution in [1.82, 2.24) is 24.8 Å². The molecule has 4 aromatic carbocycles. The highest BCUT2D eigenvalue weighted by molar-refractivity contribution is 6.80. The first-order chi connectivity index (χ1) is 28.1. The summed E-state index contributed by atoms with van der Waals surface area (Å²) in [7, 11) is 1.62. The standard InChI is InChI=1S/C47H50FN6O4Si/c1-46(2,3)42(58-59(32-15-10-8-11-16-32)33-17-12-9-13-18-33)40-35(19-14-20-38(40)52-44(55)34-22-21-31(27-37(34)48)47(4,5)57)41-36-28-39(51-43(36)50-29-49-41)30-23-25-54(26-24-30)45(56)53(6)7/h8-23,27-29,42,57H,24-26H2,1-7H3,(H,52,55)(H,49,50,51). The number of benzene rings is 4. The van der Waals surface area contributed by atoms with Crippen LogP contribution in [-0.4, -0.2) is 78.0 Å². The Morgan fingerprint density at radius 2 is 1.59 bits per heavy atom. The second-order valence-corrected chi connectivity index (χ2v) is 18.7. The van der Waals surface area contributed by atoms with Gasteiger partial charge >= 0.3 is 6.03 Å². The zero-order valence-electron chi connectivity index (χ0n) is 34.5. The Kier molecular flexibility index (Phi) is 11.7. The molecule has 6 aromatic rings. The van der Waals surface area contributed by atoms with Crippen molar-refractivity contribution >= 4 is 53.6 Å². The van der Waals surface area contributed by atoms with Crippen LogP contribution >= 0.6 is 0 Å². The first-order valence-corrected chi connectivity index (χ1v) is 21.1. The van der Waals surface area contributed by atoms with Gasteiger partial charge in [-0.2, -0.15) is 0 Å². The van der Waals surface area contributed by atoms with Gasteiger partial charge in [-0.05, 0) is 71.5 Å². The lowest BCUT2D eigenvalue weighted by Gasteiger charge is -2.36. The second kappa shape index (κ2) is 16.7. The molecule has 10 nitrogen and oxygen atoms in total. The number of aromatic amines is 1. The van der Waals surface area contributed by atoms with Gasteiger partial charge in [-0.25, -0.2) is 19.2 Å². The van der Waals surface area contributed by atoms with E-state index in [1.54, 1.807) is 38.9 Å². The van der Waals surface area contributed by atoms with Crippen molar-refractivity contribution in [1.29, 1.82) is 0 Å². The summed E-state index contributed by atoms with van der Waals surface area (Å²) in [4.78, 5) is 43.2. The van der Waals surface area contributed by atoms with E-state index in [1.807, 2.05) is 65.6 Å². The Morgan fingerprint density at radius 1 is 0.915 bits per heavy atom. The van der Waals surface area contributed by atoms with Crippen molar-refractivity contribution in [2.45, 2.75) is 52.7 Å². The highest BCUT2D eigenvalue weighted by Crippen LogP contribution is 2.46. The topological polar surface area (TPSA) is 124 Å². The Labute approximate surface area is 346 Å². The molecule has 1 atom stereocenters. The smallest absolute Gasteiger partial charge is 0.319 e. The molecule has 303 valence electrons. The first kappa shape index (κ1) is 41.2. The first-order valence-electron chi connectivity index (χ1n) is 19.7.